The Bertz CT molecular complexity index is 541. The van der Waals surface area contributed by atoms with Crippen LogP contribution in [0.4, 0.5) is 0 Å². The molecule has 2 bridgehead atoms. The molecule has 5 atom stereocenters. The van der Waals surface area contributed by atoms with Crippen LogP contribution >= 0.6 is 0 Å². The molecule has 19 heavy (non-hydrogen) atoms. The Morgan fingerprint density at radius 2 is 2.00 bits per heavy atom. The lowest BCUT2D eigenvalue weighted by molar-refractivity contribution is 0.331. The molecule has 1 aliphatic heterocycles. The van der Waals surface area contributed by atoms with Crippen molar-refractivity contribution in [1.82, 2.24) is 0 Å². The number of hydrogen-bond donors (Lipinski definition) is 0. The Morgan fingerprint density at radius 1 is 1.26 bits per heavy atom. The Balaban J connectivity index is 1.63. The van der Waals surface area contributed by atoms with Crippen LogP contribution in [0.2, 0.25) is 0 Å². The van der Waals surface area contributed by atoms with E-state index in [1.54, 1.807) is 0 Å². The second-order valence-electron chi connectivity index (χ2n) is 7.00. The average molecular weight is 278 g/mol. The maximum atomic E-state index is 12.5. The summed E-state index contributed by atoms with van der Waals surface area (Å²) in [6.07, 6.45) is 12.1. The monoisotopic (exact) mass is 278 g/mol. The molecule has 3 heteroatoms. The van der Waals surface area contributed by atoms with Crippen LogP contribution in [0, 0.1) is 29.1 Å². The van der Waals surface area contributed by atoms with Gasteiger partial charge >= 0.3 is 0 Å². The molecule has 0 N–H and O–H groups in total. The van der Waals surface area contributed by atoms with Crippen molar-refractivity contribution in [3.05, 3.63) is 24.8 Å². The first-order chi connectivity index (χ1) is 9.10. The first kappa shape index (κ1) is 12.2. The van der Waals surface area contributed by atoms with Gasteiger partial charge in [-0.2, -0.15) is 0 Å². The molecule has 3 aliphatic carbocycles. The van der Waals surface area contributed by atoms with Crippen LogP contribution in [0.3, 0.4) is 0 Å². The van der Waals surface area contributed by atoms with E-state index in [1.807, 2.05) is 6.08 Å². The SMILES string of the molecule is C=CCCC[C@@H]1[C@@H]2[C@H](CS1(=O)=O)[C@@H]1C=C[C@H]2C12CC2. The number of allylic oxidation sites excluding steroid dienone is 3. The van der Waals surface area contributed by atoms with Crippen molar-refractivity contribution in [2.45, 2.75) is 37.4 Å². The van der Waals surface area contributed by atoms with Gasteiger partial charge in [-0.3, -0.25) is 0 Å². The van der Waals surface area contributed by atoms with Crippen LogP contribution in [-0.4, -0.2) is 19.4 Å². The summed E-state index contributed by atoms with van der Waals surface area (Å²) in [5.41, 5.74) is 0.516. The van der Waals surface area contributed by atoms with E-state index in [4.69, 9.17) is 0 Å². The Hall–Kier alpha value is -0.570. The van der Waals surface area contributed by atoms with Crippen molar-refractivity contribution in [2.24, 2.45) is 29.1 Å². The van der Waals surface area contributed by atoms with E-state index in [0.717, 1.165) is 19.3 Å². The number of rotatable bonds is 4. The van der Waals surface area contributed by atoms with Crippen LogP contribution in [-0.2, 0) is 9.84 Å². The fourth-order valence-corrected chi connectivity index (χ4v) is 8.02. The quantitative estimate of drug-likeness (QED) is 0.585. The molecule has 2 nitrogen and oxygen atoms in total. The second-order valence-corrected chi connectivity index (χ2v) is 9.26. The van der Waals surface area contributed by atoms with Crippen LogP contribution in [0.1, 0.15) is 32.1 Å². The van der Waals surface area contributed by atoms with Gasteiger partial charge in [0.1, 0.15) is 0 Å². The number of fused-ring (bicyclic) bond motifs is 3. The fourth-order valence-electron chi connectivity index (χ4n) is 5.43. The third-order valence-electron chi connectivity index (χ3n) is 6.26. The molecule has 0 unspecified atom stereocenters. The van der Waals surface area contributed by atoms with Gasteiger partial charge in [0, 0.05) is 0 Å². The van der Waals surface area contributed by atoms with Gasteiger partial charge in [0.2, 0.25) is 0 Å². The molecule has 0 radical (unpaired) electrons. The van der Waals surface area contributed by atoms with E-state index >= 15 is 0 Å². The van der Waals surface area contributed by atoms with Crippen molar-refractivity contribution in [2.75, 3.05) is 5.75 Å². The zero-order valence-corrected chi connectivity index (χ0v) is 12.1. The highest BCUT2D eigenvalue weighted by molar-refractivity contribution is 7.92. The predicted molar refractivity (Wildman–Crippen MR) is 76.4 cm³/mol. The van der Waals surface area contributed by atoms with Crippen molar-refractivity contribution < 1.29 is 8.42 Å². The van der Waals surface area contributed by atoms with Crippen LogP contribution in [0.15, 0.2) is 24.8 Å². The summed E-state index contributed by atoms with van der Waals surface area (Å²) in [6, 6.07) is 0. The minimum Gasteiger partial charge on any atom is -0.229 e. The highest BCUT2D eigenvalue weighted by atomic mass is 32.2. The summed E-state index contributed by atoms with van der Waals surface area (Å²) < 4.78 is 24.9. The number of unbranched alkanes of at least 4 members (excludes halogenated alkanes) is 1. The number of sulfone groups is 1. The van der Waals surface area contributed by atoms with E-state index in [9.17, 15) is 8.42 Å². The molecule has 0 aromatic heterocycles. The van der Waals surface area contributed by atoms with Crippen LogP contribution in [0.25, 0.3) is 0 Å². The zero-order chi connectivity index (χ0) is 13.3. The molecule has 4 rings (SSSR count). The molecule has 4 aliphatic rings. The lowest BCUT2D eigenvalue weighted by Crippen LogP contribution is -2.28. The first-order valence-corrected chi connectivity index (χ1v) is 9.32. The molecule has 0 aromatic rings. The molecule has 1 saturated heterocycles. The van der Waals surface area contributed by atoms with Gasteiger partial charge in [-0.1, -0.05) is 18.2 Å². The second kappa shape index (κ2) is 3.75. The minimum absolute atomic E-state index is 0.0603. The van der Waals surface area contributed by atoms with E-state index in [-0.39, 0.29) is 5.25 Å². The smallest absolute Gasteiger partial charge is 0.153 e. The predicted octanol–water partition coefficient (Wildman–Crippen LogP) is 2.97. The largest absolute Gasteiger partial charge is 0.229 e. The molecule has 3 fully saturated rings. The third kappa shape index (κ3) is 1.45. The lowest BCUT2D eigenvalue weighted by atomic mass is 9.81. The molecule has 0 aromatic carbocycles. The molecular weight excluding hydrogens is 256 g/mol. The van der Waals surface area contributed by atoms with Crippen molar-refractivity contribution >= 4 is 9.84 Å². The summed E-state index contributed by atoms with van der Waals surface area (Å²) in [5, 5.41) is -0.0603. The van der Waals surface area contributed by atoms with Crippen LogP contribution < -0.4 is 0 Å². The van der Waals surface area contributed by atoms with Gasteiger partial charge in [-0.25, -0.2) is 8.42 Å². The zero-order valence-electron chi connectivity index (χ0n) is 11.3. The molecule has 104 valence electrons. The summed E-state index contributed by atoms with van der Waals surface area (Å²) in [4.78, 5) is 0. The topological polar surface area (TPSA) is 34.1 Å². The van der Waals surface area contributed by atoms with Gasteiger partial charge in [0.25, 0.3) is 0 Å². The van der Waals surface area contributed by atoms with Gasteiger partial charge in [0.05, 0.1) is 11.0 Å². The van der Waals surface area contributed by atoms with E-state index in [1.165, 1.54) is 12.8 Å². The normalized spacial score (nSPS) is 46.6. The summed E-state index contributed by atoms with van der Waals surface area (Å²) in [5.74, 6) is 2.50. The van der Waals surface area contributed by atoms with Gasteiger partial charge in [-0.05, 0) is 61.2 Å². The fraction of sp³-hybridized carbons (Fsp3) is 0.750. The summed E-state index contributed by atoms with van der Waals surface area (Å²) >= 11 is 0. The van der Waals surface area contributed by atoms with Crippen molar-refractivity contribution in [1.29, 1.82) is 0 Å². The molecule has 1 spiro atoms. The van der Waals surface area contributed by atoms with Gasteiger partial charge in [0.15, 0.2) is 9.84 Å². The molecule has 0 amide bonds. The first-order valence-electron chi connectivity index (χ1n) is 7.61. The van der Waals surface area contributed by atoms with Crippen molar-refractivity contribution in [3.63, 3.8) is 0 Å². The Labute approximate surface area is 115 Å². The van der Waals surface area contributed by atoms with Crippen LogP contribution in [0.5, 0.6) is 0 Å². The van der Waals surface area contributed by atoms with Gasteiger partial charge in [-0.15, -0.1) is 6.58 Å². The highest BCUT2D eigenvalue weighted by Crippen LogP contribution is 2.74. The van der Waals surface area contributed by atoms with Crippen molar-refractivity contribution in [3.8, 4) is 0 Å². The van der Waals surface area contributed by atoms with E-state index in [0.29, 0.717) is 34.8 Å². The highest BCUT2D eigenvalue weighted by Gasteiger charge is 2.71. The lowest BCUT2D eigenvalue weighted by Gasteiger charge is -2.24. The average Bonchev–Trinajstić information content (AvgIpc) is 2.93. The maximum absolute atomic E-state index is 12.5. The summed E-state index contributed by atoms with van der Waals surface area (Å²) in [6.45, 7) is 3.74. The maximum Gasteiger partial charge on any atom is 0.153 e. The molecular formula is C16H22O2S. The van der Waals surface area contributed by atoms with E-state index in [2.05, 4.69) is 18.7 Å². The molecule has 2 saturated carbocycles. The summed E-state index contributed by atoms with van der Waals surface area (Å²) in [7, 11) is -2.85. The minimum atomic E-state index is -2.85. The standard InChI is InChI=1S/C16H22O2S/c1-2-3-4-5-14-15-11(10-19(14,17)18)12-6-7-13(15)16(12)8-9-16/h2,6-7,11-15H,1,3-5,8-10H2/t11-,12+,13-,14-,15-/m1/s1. The third-order valence-corrected chi connectivity index (χ3v) is 8.59. The van der Waals surface area contributed by atoms with Gasteiger partial charge < -0.3 is 0 Å². The van der Waals surface area contributed by atoms with E-state index < -0.39 is 9.84 Å². The Morgan fingerprint density at radius 3 is 2.68 bits per heavy atom. The Kier molecular flexibility index (Phi) is 2.41. The molecule has 1 heterocycles. The number of hydrogen-bond acceptors (Lipinski definition) is 2.